The molecular weight excluding hydrogens is 332 g/mol. The van der Waals surface area contributed by atoms with Crippen LogP contribution in [-0.2, 0) is 14.4 Å². The molecule has 146 valence electrons. The first-order valence-electron chi connectivity index (χ1n) is 7.15. The largest absolute Gasteiger partial charge is 0.478 e. The van der Waals surface area contributed by atoms with Gasteiger partial charge in [-0.2, -0.15) is 0 Å². The Hall–Kier alpha value is -2.45. The average molecular weight is 362 g/mol. The van der Waals surface area contributed by atoms with E-state index in [0.29, 0.717) is 11.8 Å². The first kappa shape index (κ1) is 30.4. The van der Waals surface area contributed by atoms with E-state index in [1.807, 2.05) is 0 Å². The molecule has 0 aliphatic rings. The van der Waals surface area contributed by atoms with Gasteiger partial charge >= 0.3 is 17.9 Å². The van der Waals surface area contributed by atoms with Crippen LogP contribution in [0.25, 0.3) is 0 Å². The molecule has 0 radical (unpaired) electrons. The monoisotopic (exact) mass is 362 g/mol. The van der Waals surface area contributed by atoms with Crippen LogP contribution in [0.3, 0.4) is 0 Å². The molecule has 0 rings (SSSR count). The van der Waals surface area contributed by atoms with Crippen LogP contribution in [0, 0.1) is 5.41 Å². The number of rotatable bonds is 6. The van der Waals surface area contributed by atoms with Gasteiger partial charge in [0.05, 0.1) is 0 Å². The molecule has 0 bridgehead atoms. The summed E-state index contributed by atoms with van der Waals surface area (Å²) in [6, 6.07) is 0. The maximum atomic E-state index is 9.25. The van der Waals surface area contributed by atoms with Gasteiger partial charge in [0.1, 0.15) is 0 Å². The van der Waals surface area contributed by atoms with Gasteiger partial charge in [-0.05, 0) is 24.7 Å². The smallest absolute Gasteiger partial charge is 0.327 e. The average Bonchev–Trinajstić information content (AvgIpc) is 2.47. The molecular formula is C17H30O8. The van der Waals surface area contributed by atoms with E-state index < -0.39 is 24.2 Å². The van der Waals surface area contributed by atoms with Gasteiger partial charge in [0.15, 0.2) is 6.29 Å². The van der Waals surface area contributed by atoms with Crippen molar-refractivity contribution in [3.63, 3.8) is 0 Å². The lowest BCUT2D eigenvalue weighted by Crippen LogP contribution is -2.08. The molecule has 0 saturated carbocycles. The van der Waals surface area contributed by atoms with E-state index in [-0.39, 0.29) is 0 Å². The maximum Gasteiger partial charge on any atom is 0.327 e. The minimum Gasteiger partial charge on any atom is -0.478 e. The summed E-state index contributed by atoms with van der Waals surface area (Å²) in [4.78, 5) is 27.8. The van der Waals surface area contributed by atoms with Crippen molar-refractivity contribution in [2.24, 2.45) is 5.41 Å². The minimum absolute atomic E-state index is 0.314. The molecule has 0 aliphatic carbocycles. The van der Waals surface area contributed by atoms with Crippen LogP contribution in [0.5, 0.6) is 0 Å². The Morgan fingerprint density at radius 1 is 0.840 bits per heavy atom. The molecule has 0 spiro atoms. The third-order valence-corrected chi connectivity index (χ3v) is 1.91. The first-order chi connectivity index (χ1) is 11.2. The van der Waals surface area contributed by atoms with E-state index in [0.717, 1.165) is 31.1 Å². The predicted molar refractivity (Wildman–Crippen MR) is 95.0 cm³/mol. The van der Waals surface area contributed by atoms with Gasteiger partial charge in [-0.1, -0.05) is 40.5 Å². The Morgan fingerprint density at radius 2 is 1.08 bits per heavy atom. The number of hydrogen-bond acceptors (Lipinski definition) is 5. The molecule has 0 aromatic heterocycles. The van der Waals surface area contributed by atoms with Crippen molar-refractivity contribution in [1.82, 2.24) is 0 Å². The molecule has 0 aromatic rings. The van der Waals surface area contributed by atoms with Crippen LogP contribution in [0.4, 0.5) is 0 Å². The van der Waals surface area contributed by atoms with Gasteiger partial charge in [0.2, 0.25) is 0 Å². The highest BCUT2D eigenvalue weighted by atomic mass is 16.5. The van der Waals surface area contributed by atoms with Crippen molar-refractivity contribution in [3.8, 4) is 0 Å². The van der Waals surface area contributed by atoms with Crippen molar-refractivity contribution in [3.05, 3.63) is 38.0 Å². The van der Waals surface area contributed by atoms with Crippen LogP contribution < -0.4 is 0 Å². The van der Waals surface area contributed by atoms with Gasteiger partial charge < -0.3 is 25.5 Å². The van der Waals surface area contributed by atoms with E-state index >= 15 is 0 Å². The van der Waals surface area contributed by atoms with Crippen LogP contribution in [0.15, 0.2) is 38.0 Å². The predicted octanol–water partition coefficient (Wildman–Crippen LogP) is 2.28. The summed E-state index contributed by atoms with van der Waals surface area (Å²) in [5.74, 6) is -2.94. The Kier molecular flexibility index (Phi) is 23.9. The summed E-state index contributed by atoms with van der Waals surface area (Å²) in [6.45, 7) is 15.3. The van der Waals surface area contributed by atoms with Gasteiger partial charge in [0, 0.05) is 18.2 Å². The lowest BCUT2D eigenvalue weighted by Gasteiger charge is -2.17. The van der Waals surface area contributed by atoms with Crippen molar-refractivity contribution in [1.29, 1.82) is 0 Å². The number of carbonyl (C=O) groups is 3. The van der Waals surface area contributed by atoms with Gasteiger partial charge in [-0.3, -0.25) is 0 Å². The number of carboxylic acid groups (broad SMARTS) is 3. The lowest BCUT2D eigenvalue weighted by atomic mass is 9.90. The van der Waals surface area contributed by atoms with Crippen molar-refractivity contribution in [2.75, 3.05) is 0 Å². The summed E-state index contributed by atoms with van der Waals surface area (Å²) in [7, 11) is 0. The third kappa shape index (κ3) is 74.0. The van der Waals surface area contributed by atoms with Crippen LogP contribution in [0.2, 0.25) is 0 Å². The summed E-state index contributed by atoms with van der Waals surface area (Å²) >= 11 is 0. The quantitative estimate of drug-likeness (QED) is 0.356. The Balaban J connectivity index is -0.000000126. The fraction of sp³-hybridized carbons (Fsp3) is 0.471. The molecule has 0 heterocycles. The molecule has 0 unspecified atom stereocenters. The molecule has 8 nitrogen and oxygen atoms in total. The highest BCUT2D eigenvalue weighted by molar-refractivity contribution is 5.79. The van der Waals surface area contributed by atoms with Gasteiger partial charge in [-0.25, -0.2) is 14.4 Å². The van der Waals surface area contributed by atoms with Crippen LogP contribution in [-0.4, -0.2) is 49.7 Å². The van der Waals surface area contributed by atoms with Crippen molar-refractivity contribution < 1.29 is 39.9 Å². The van der Waals surface area contributed by atoms with E-state index in [9.17, 15) is 14.4 Å². The lowest BCUT2D eigenvalue weighted by molar-refractivity contribution is -0.132. The molecule has 0 aliphatic heterocycles. The highest BCUT2D eigenvalue weighted by Crippen LogP contribution is 2.21. The van der Waals surface area contributed by atoms with Gasteiger partial charge in [0.25, 0.3) is 0 Å². The maximum absolute atomic E-state index is 9.25. The first-order valence-corrected chi connectivity index (χ1v) is 7.15. The summed E-state index contributed by atoms with van der Waals surface area (Å²) in [5.41, 5.74) is 0.314. The zero-order valence-corrected chi connectivity index (χ0v) is 15.0. The molecule has 0 atom stereocenters. The normalized spacial score (nSPS) is 8.88. The topological polar surface area (TPSA) is 152 Å². The minimum atomic E-state index is -1.12. The molecule has 8 heteroatoms. The number of aliphatic carboxylic acids is 3. The Labute approximate surface area is 148 Å². The van der Waals surface area contributed by atoms with E-state index in [2.05, 4.69) is 40.5 Å². The third-order valence-electron chi connectivity index (χ3n) is 1.91. The van der Waals surface area contributed by atoms with Crippen LogP contribution >= 0.6 is 0 Å². The number of carboxylic acids is 3. The molecule has 0 fully saturated rings. The molecule has 5 N–H and O–H groups in total. The summed E-state index contributed by atoms with van der Waals surface area (Å²) < 4.78 is 0. The van der Waals surface area contributed by atoms with Crippen LogP contribution in [0.1, 0.15) is 40.0 Å². The second-order valence-electron chi connectivity index (χ2n) is 5.56. The van der Waals surface area contributed by atoms with Crippen molar-refractivity contribution >= 4 is 17.9 Å². The Bertz CT molecular complexity index is 363. The summed E-state index contributed by atoms with van der Waals surface area (Å²) in [5, 5.41) is 39.8. The zero-order valence-electron chi connectivity index (χ0n) is 15.0. The van der Waals surface area contributed by atoms with E-state index in [4.69, 9.17) is 25.5 Å². The standard InChI is InChI=1S/C8H18O2.3C3H4O2/c1-8(2,3)6-4-5-7(9)10;3*1-2-3(4)5/h7,9-10H,4-6H2,1-3H3;3*2H,1H2,(H,4,5). The van der Waals surface area contributed by atoms with Gasteiger partial charge in [-0.15, -0.1) is 0 Å². The molecule has 0 amide bonds. The molecule has 0 saturated heterocycles. The second-order valence-corrected chi connectivity index (χ2v) is 5.56. The molecule has 25 heavy (non-hydrogen) atoms. The fourth-order valence-electron chi connectivity index (χ4n) is 0.815. The zero-order chi connectivity index (χ0) is 21.1. The van der Waals surface area contributed by atoms with Crippen molar-refractivity contribution in [2.45, 2.75) is 46.3 Å². The fourth-order valence-corrected chi connectivity index (χ4v) is 0.815. The summed E-state index contributed by atoms with van der Waals surface area (Å²) in [6.07, 6.45) is 3.81. The Morgan fingerprint density at radius 3 is 1.20 bits per heavy atom. The highest BCUT2D eigenvalue weighted by Gasteiger charge is 2.09. The van der Waals surface area contributed by atoms with E-state index in [1.165, 1.54) is 0 Å². The number of aliphatic hydroxyl groups excluding tert-OH is 1. The molecule has 0 aromatic carbocycles. The second kappa shape index (κ2) is 19.6. The van der Waals surface area contributed by atoms with E-state index in [1.54, 1.807) is 0 Å². The SMILES string of the molecule is C=CC(=O)O.C=CC(=O)O.C=CC(=O)O.CC(C)(C)CCCC(O)O. The number of aliphatic hydroxyl groups is 2. The number of hydrogen-bond donors (Lipinski definition) is 5.